The van der Waals surface area contributed by atoms with E-state index in [0.29, 0.717) is 5.92 Å². The number of nitrogens with one attached hydrogen (secondary N) is 2. The first kappa shape index (κ1) is 19.2. The molecule has 0 fully saturated rings. The van der Waals surface area contributed by atoms with E-state index in [0.717, 1.165) is 6.42 Å². The Morgan fingerprint density at radius 1 is 1.13 bits per heavy atom. The van der Waals surface area contributed by atoms with Crippen LogP contribution < -0.4 is 16.4 Å². The van der Waals surface area contributed by atoms with Crippen molar-refractivity contribution in [2.24, 2.45) is 11.7 Å². The minimum atomic E-state index is -0.540. The molecule has 1 aromatic rings. The second-order valence-electron chi connectivity index (χ2n) is 6.19. The SMILES string of the molecule is CCCCc1ccc([C@H](NCC(=O)NCC(N)=O)C(C)C)cc1. The maximum Gasteiger partial charge on any atom is 0.236 e. The number of carbonyl (C=O) groups excluding carboxylic acids is 2. The van der Waals surface area contributed by atoms with Gasteiger partial charge in [-0.05, 0) is 29.9 Å². The van der Waals surface area contributed by atoms with E-state index in [1.165, 1.54) is 24.0 Å². The van der Waals surface area contributed by atoms with Crippen LogP contribution in [0, 0.1) is 5.92 Å². The molecule has 4 N–H and O–H groups in total. The molecule has 0 saturated carbocycles. The van der Waals surface area contributed by atoms with Gasteiger partial charge in [-0.2, -0.15) is 0 Å². The molecule has 0 saturated heterocycles. The number of primary amides is 1. The molecule has 0 bridgehead atoms. The third kappa shape index (κ3) is 7.28. The molecule has 0 aromatic heterocycles. The van der Waals surface area contributed by atoms with Crippen molar-refractivity contribution in [3.8, 4) is 0 Å². The second-order valence-corrected chi connectivity index (χ2v) is 6.19. The molecule has 0 unspecified atom stereocenters. The van der Waals surface area contributed by atoms with Crippen molar-refractivity contribution in [3.05, 3.63) is 35.4 Å². The van der Waals surface area contributed by atoms with Crippen LogP contribution >= 0.6 is 0 Å². The van der Waals surface area contributed by atoms with Crippen molar-refractivity contribution < 1.29 is 9.59 Å². The summed E-state index contributed by atoms with van der Waals surface area (Å²) < 4.78 is 0. The highest BCUT2D eigenvalue weighted by atomic mass is 16.2. The van der Waals surface area contributed by atoms with E-state index in [1.807, 2.05) is 0 Å². The van der Waals surface area contributed by atoms with Gasteiger partial charge in [-0.3, -0.25) is 9.59 Å². The van der Waals surface area contributed by atoms with E-state index in [9.17, 15) is 9.59 Å². The number of amides is 2. The normalized spacial score (nSPS) is 12.2. The highest BCUT2D eigenvalue weighted by Gasteiger charge is 2.16. The van der Waals surface area contributed by atoms with Crippen LogP contribution in [0.3, 0.4) is 0 Å². The Bertz CT molecular complexity index is 497. The molecule has 23 heavy (non-hydrogen) atoms. The Hall–Kier alpha value is -1.88. The summed E-state index contributed by atoms with van der Waals surface area (Å²) in [6.07, 6.45) is 3.50. The molecule has 2 amide bonds. The number of unbranched alkanes of at least 4 members (excludes halogenated alkanes) is 1. The van der Waals surface area contributed by atoms with Gasteiger partial charge in [0.1, 0.15) is 0 Å². The number of hydrogen-bond acceptors (Lipinski definition) is 3. The van der Waals surface area contributed by atoms with E-state index in [1.54, 1.807) is 0 Å². The summed E-state index contributed by atoms with van der Waals surface area (Å²) >= 11 is 0. The molecule has 5 nitrogen and oxygen atoms in total. The monoisotopic (exact) mass is 319 g/mol. The molecule has 0 aliphatic heterocycles. The molecule has 1 atom stereocenters. The molecule has 0 spiro atoms. The van der Waals surface area contributed by atoms with Crippen LogP contribution in [0.1, 0.15) is 50.8 Å². The fourth-order valence-electron chi connectivity index (χ4n) is 2.46. The lowest BCUT2D eigenvalue weighted by atomic mass is 9.94. The van der Waals surface area contributed by atoms with Gasteiger partial charge in [-0.15, -0.1) is 0 Å². The minimum Gasteiger partial charge on any atom is -0.368 e. The summed E-state index contributed by atoms with van der Waals surface area (Å²) in [5, 5.41) is 5.74. The van der Waals surface area contributed by atoms with Crippen molar-refractivity contribution in [1.29, 1.82) is 0 Å². The van der Waals surface area contributed by atoms with Crippen molar-refractivity contribution in [2.45, 2.75) is 46.1 Å². The zero-order valence-electron chi connectivity index (χ0n) is 14.4. The van der Waals surface area contributed by atoms with Crippen molar-refractivity contribution in [3.63, 3.8) is 0 Å². The number of rotatable bonds is 10. The third-order valence-corrected chi connectivity index (χ3v) is 3.77. The maximum absolute atomic E-state index is 11.7. The maximum atomic E-state index is 11.7. The number of aryl methyl sites for hydroxylation is 1. The Kier molecular flexibility index (Phi) is 8.33. The van der Waals surface area contributed by atoms with Gasteiger partial charge in [0.05, 0.1) is 13.1 Å². The second kappa shape index (κ2) is 10.0. The van der Waals surface area contributed by atoms with Crippen LogP contribution in [0.5, 0.6) is 0 Å². The summed E-state index contributed by atoms with van der Waals surface area (Å²) in [5.41, 5.74) is 7.52. The zero-order chi connectivity index (χ0) is 17.2. The Balaban J connectivity index is 2.60. The predicted octanol–water partition coefficient (Wildman–Crippen LogP) is 1.92. The van der Waals surface area contributed by atoms with E-state index in [4.69, 9.17) is 5.73 Å². The van der Waals surface area contributed by atoms with Gasteiger partial charge in [0.2, 0.25) is 11.8 Å². The molecule has 1 aromatic carbocycles. The highest BCUT2D eigenvalue weighted by Crippen LogP contribution is 2.22. The fraction of sp³-hybridized carbons (Fsp3) is 0.556. The van der Waals surface area contributed by atoms with Crippen molar-refractivity contribution >= 4 is 11.8 Å². The third-order valence-electron chi connectivity index (χ3n) is 3.77. The van der Waals surface area contributed by atoms with Crippen LogP contribution in [-0.2, 0) is 16.0 Å². The van der Waals surface area contributed by atoms with Crippen LogP contribution in [0.2, 0.25) is 0 Å². The smallest absolute Gasteiger partial charge is 0.236 e. The lowest BCUT2D eigenvalue weighted by Crippen LogP contribution is -2.40. The molecule has 0 aliphatic rings. The number of nitrogens with two attached hydrogens (primary N) is 1. The average Bonchev–Trinajstić information content (AvgIpc) is 2.52. The van der Waals surface area contributed by atoms with Gasteiger partial charge in [0.25, 0.3) is 0 Å². The lowest BCUT2D eigenvalue weighted by Gasteiger charge is -2.23. The number of hydrogen-bond donors (Lipinski definition) is 3. The first-order valence-electron chi connectivity index (χ1n) is 8.31. The standard InChI is InChI=1S/C18H29N3O2/c1-4-5-6-14-7-9-15(10-8-14)18(13(2)3)21-12-17(23)20-11-16(19)22/h7-10,13,18,21H,4-6,11-12H2,1-3H3,(H2,19,22)(H,20,23)/t18-/m1/s1. The van der Waals surface area contributed by atoms with Gasteiger partial charge < -0.3 is 16.4 Å². The van der Waals surface area contributed by atoms with Crippen LogP contribution in [0.4, 0.5) is 0 Å². The van der Waals surface area contributed by atoms with Crippen LogP contribution in [-0.4, -0.2) is 24.9 Å². The van der Waals surface area contributed by atoms with E-state index >= 15 is 0 Å². The summed E-state index contributed by atoms with van der Waals surface area (Å²) in [6, 6.07) is 8.67. The number of benzene rings is 1. The average molecular weight is 319 g/mol. The summed E-state index contributed by atoms with van der Waals surface area (Å²) in [7, 11) is 0. The van der Waals surface area contributed by atoms with Crippen LogP contribution in [0.25, 0.3) is 0 Å². The molecule has 5 heteroatoms. The fourth-order valence-corrected chi connectivity index (χ4v) is 2.46. The zero-order valence-corrected chi connectivity index (χ0v) is 14.4. The Morgan fingerprint density at radius 2 is 1.78 bits per heavy atom. The van der Waals surface area contributed by atoms with Gasteiger partial charge in [-0.1, -0.05) is 51.5 Å². The largest absolute Gasteiger partial charge is 0.368 e. The van der Waals surface area contributed by atoms with Crippen molar-refractivity contribution in [1.82, 2.24) is 10.6 Å². The molecule has 0 aliphatic carbocycles. The van der Waals surface area contributed by atoms with Crippen molar-refractivity contribution in [2.75, 3.05) is 13.1 Å². The van der Waals surface area contributed by atoms with E-state index < -0.39 is 5.91 Å². The molecule has 0 radical (unpaired) electrons. The summed E-state index contributed by atoms with van der Waals surface area (Å²) in [6.45, 7) is 6.46. The van der Waals surface area contributed by atoms with Gasteiger partial charge in [0, 0.05) is 6.04 Å². The van der Waals surface area contributed by atoms with E-state index in [-0.39, 0.29) is 25.0 Å². The first-order valence-corrected chi connectivity index (χ1v) is 8.31. The predicted molar refractivity (Wildman–Crippen MR) is 92.8 cm³/mol. The first-order chi connectivity index (χ1) is 10.9. The minimum absolute atomic E-state index is 0.0922. The lowest BCUT2D eigenvalue weighted by molar-refractivity contribution is -0.124. The quantitative estimate of drug-likeness (QED) is 0.616. The highest BCUT2D eigenvalue weighted by molar-refractivity contribution is 5.84. The molecule has 128 valence electrons. The number of carbonyl (C=O) groups is 2. The Labute approximate surface area is 139 Å². The van der Waals surface area contributed by atoms with Gasteiger partial charge in [-0.25, -0.2) is 0 Å². The molecule has 1 rings (SSSR count). The molecular formula is C18H29N3O2. The summed E-state index contributed by atoms with van der Waals surface area (Å²) in [5.74, 6) is -0.420. The van der Waals surface area contributed by atoms with Crippen LogP contribution in [0.15, 0.2) is 24.3 Å². The van der Waals surface area contributed by atoms with Gasteiger partial charge >= 0.3 is 0 Å². The molecular weight excluding hydrogens is 290 g/mol. The molecule has 0 heterocycles. The summed E-state index contributed by atoms with van der Waals surface area (Å²) in [4.78, 5) is 22.4. The van der Waals surface area contributed by atoms with Gasteiger partial charge in [0.15, 0.2) is 0 Å². The Morgan fingerprint density at radius 3 is 2.30 bits per heavy atom. The van der Waals surface area contributed by atoms with E-state index in [2.05, 4.69) is 55.7 Å². The topological polar surface area (TPSA) is 84.2 Å².